The van der Waals surface area contributed by atoms with Crippen LogP contribution < -0.4 is 5.32 Å². The van der Waals surface area contributed by atoms with E-state index in [1.807, 2.05) is 0 Å². The van der Waals surface area contributed by atoms with Crippen LogP contribution in [0.3, 0.4) is 0 Å². The average Bonchev–Trinajstić information content (AvgIpc) is 2.25. The summed E-state index contributed by atoms with van der Waals surface area (Å²) in [5.41, 5.74) is 0. The van der Waals surface area contributed by atoms with E-state index >= 15 is 0 Å². The van der Waals surface area contributed by atoms with Gasteiger partial charge in [-0.25, -0.2) is 9.37 Å². The number of rotatable bonds is 6. The van der Waals surface area contributed by atoms with Crippen LogP contribution in [-0.2, 0) is 0 Å². The molecule has 1 aromatic heterocycles. The number of anilines is 1. The molecule has 0 spiro atoms. The smallest absolute Gasteiger partial charge is 0.166 e. The molecule has 0 unspecified atom stereocenters. The molecule has 0 saturated heterocycles. The molecule has 1 N–H and O–H groups in total. The van der Waals surface area contributed by atoms with E-state index in [-0.39, 0.29) is 5.82 Å². The molecule has 102 valence electrons. The number of hydrogen-bond donors (Lipinski definition) is 1. The van der Waals surface area contributed by atoms with Gasteiger partial charge in [0.1, 0.15) is 0 Å². The quantitative estimate of drug-likeness (QED) is 0.861. The summed E-state index contributed by atoms with van der Waals surface area (Å²) in [6.45, 7) is 10.1. The van der Waals surface area contributed by atoms with Crippen LogP contribution in [0, 0.1) is 5.82 Å². The Kier molecular flexibility index (Phi) is 5.82. The molecule has 1 heterocycles. The molecule has 0 saturated carbocycles. The summed E-state index contributed by atoms with van der Waals surface area (Å²) in [4.78, 5) is 6.26. The van der Waals surface area contributed by atoms with Gasteiger partial charge in [-0.1, -0.05) is 11.6 Å². The molecule has 0 aliphatic carbocycles. The van der Waals surface area contributed by atoms with Gasteiger partial charge in [-0.3, -0.25) is 4.90 Å². The Bertz CT molecular complexity index is 374. The second-order valence-corrected chi connectivity index (χ2v) is 5.27. The third-order valence-electron chi connectivity index (χ3n) is 2.80. The first-order valence-corrected chi connectivity index (χ1v) is 6.60. The molecule has 1 aromatic rings. The normalized spacial score (nSPS) is 11.6. The van der Waals surface area contributed by atoms with Crippen molar-refractivity contribution in [3.05, 3.63) is 23.1 Å². The minimum absolute atomic E-state index is 0.256. The lowest BCUT2D eigenvalue weighted by molar-refractivity contribution is 0.182. The van der Waals surface area contributed by atoms with E-state index in [4.69, 9.17) is 11.6 Å². The molecule has 18 heavy (non-hydrogen) atoms. The largest absolute Gasteiger partial charge is 0.366 e. The zero-order valence-corrected chi connectivity index (χ0v) is 12.1. The van der Waals surface area contributed by atoms with Crippen molar-refractivity contribution in [1.82, 2.24) is 9.88 Å². The maximum atomic E-state index is 13.5. The van der Waals surface area contributed by atoms with Crippen LogP contribution in [0.1, 0.15) is 27.7 Å². The summed E-state index contributed by atoms with van der Waals surface area (Å²) < 4.78 is 13.5. The molecule has 3 nitrogen and oxygen atoms in total. The maximum absolute atomic E-state index is 13.5. The Morgan fingerprint density at radius 3 is 2.44 bits per heavy atom. The molecule has 0 amide bonds. The summed E-state index contributed by atoms with van der Waals surface area (Å²) in [6.07, 6.45) is 1.44. The van der Waals surface area contributed by atoms with Crippen LogP contribution in [-0.4, -0.2) is 35.1 Å². The molecular weight excluding hydrogens is 253 g/mol. The lowest BCUT2D eigenvalue weighted by Gasteiger charge is -2.30. The molecule has 5 heteroatoms. The van der Waals surface area contributed by atoms with Crippen molar-refractivity contribution < 1.29 is 4.39 Å². The molecular formula is C13H21ClFN3. The second-order valence-electron chi connectivity index (χ2n) is 4.84. The molecule has 1 rings (SSSR count). The van der Waals surface area contributed by atoms with Gasteiger partial charge in [-0.2, -0.15) is 0 Å². The molecule has 0 aliphatic heterocycles. The van der Waals surface area contributed by atoms with Gasteiger partial charge in [0.25, 0.3) is 0 Å². The van der Waals surface area contributed by atoms with Crippen molar-refractivity contribution in [2.24, 2.45) is 0 Å². The lowest BCUT2D eigenvalue weighted by atomic mass is 10.2. The second kappa shape index (κ2) is 6.90. The summed E-state index contributed by atoms with van der Waals surface area (Å²) >= 11 is 5.65. The zero-order valence-electron chi connectivity index (χ0n) is 11.4. The Hall–Kier alpha value is -0.870. The standard InChI is InChI=1S/C13H21ClFN3/c1-9(2)18(10(3)4)6-5-16-13-12(15)7-11(14)8-17-13/h7-10H,5-6H2,1-4H3,(H,16,17). The predicted octanol–water partition coefficient (Wildman–Crippen LogP) is 3.40. The molecule has 0 aromatic carbocycles. The minimum Gasteiger partial charge on any atom is -0.366 e. The summed E-state index contributed by atoms with van der Waals surface area (Å²) in [7, 11) is 0. The lowest BCUT2D eigenvalue weighted by Crippen LogP contribution is -2.40. The van der Waals surface area contributed by atoms with Gasteiger partial charge >= 0.3 is 0 Å². The van der Waals surface area contributed by atoms with Gasteiger partial charge in [0.15, 0.2) is 11.6 Å². The Morgan fingerprint density at radius 1 is 1.33 bits per heavy atom. The van der Waals surface area contributed by atoms with Gasteiger partial charge in [0.2, 0.25) is 0 Å². The maximum Gasteiger partial charge on any atom is 0.166 e. The third-order valence-corrected chi connectivity index (χ3v) is 3.00. The van der Waals surface area contributed by atoms with Crippen LogP contribution in [0.25, 0.3) is 0 Å². The van der Waals surface area contributed by atoms with E-state index in [2.05, 4.69) is 42.9 Å². The number of halogens is 2. The number of hydrogen-bond acceptors (Lipinski definition) is 3. The van der Waals surface area contributed by atoms with Crippen molar-refractivity contribution in [1.29, 1.82) is 0 Å². The average molecular weight is 274 g/mol. The first-order valence-electron chi connectivity index (χ1n) is 6.22. The fourth-order valence-electron chi connectivity index (χ4n) is 1.96. The Labute approximate surface area is 113 Å². The van der Waals surface area contributed by atoms with Crippen molar-refractivity contribution in [2.45, 2.75) is 39.8 Å². The Balaban J connectivity index is 2.50. The molecule has 0 aliphatic rings. The number of aromatic nitrogens is 1. The van der Waals surface area contributed by atoms with Crippen LogP contribution in [0.2, 0.25) is 5.02 Å². The van der Waals surface area contributed by atoms with E-state index in [0.29, 0.717) is 23.7 Å². The van der Waals surface area contributed by atoms with Crippen molar-refractivity contribution in [3.63, 3.8) is 0 Å². The van der Waals surface area contributed by atoms with Gasteiger partial charge in [0.05, 0.1) is 5.02 Å². The fraction of sp³-hybridized carbons (Fsp3) is 0.615. The highest BCUT2D eigenvalue weighted by Crippen LogP contribution is 2.15. The highest BCUT2D eigenvalue weighted by molar-refractivity contribution is 6.30. The first-order chi connectivity index (χ1) is 8.41. The summed E-state index contributed by atoms with van der Waals surface area (Å²) in [5, 5.41) is 3.30. The van der Waals surface area contributed by atoms with Gasteiger partial charge in [-0.15, -0.1) is 0 Å². The predicted molar refractivity (Wildman–Crippen MR) is 74.7 cm³/mol. The van der Waals surface area contributed by atoms with Gasteiger partial charge < -0.3 is 5.32 Å². The number of pyridine rings is 1. The summed E-state index contributed by atoms with van der Waals surface area (Å²) in [6, 6.07) is 2.20. The van der Waals surface area contributed by atoms with Crippen LogP contribution in [0.15, 0.2) is 12.3 Å². The summed E-state index contributed by atoms with van der Waals surface area (Å²) in [5.74, 6) is -0.157. The minimum atomic E-state index is -0.414. The zero-order chi connectivity index (χ0) is 13.7. The SMILES string of the molecule is CC(C)N(CCNc1ncc(Cl)cc1F)C(C)C. The van der Waals surface area contributed by atoms with Crippen molar-refractivity contribution >= 4 is 17.4 Å². The Morgan fingerprint density at radius 2 is 1.94 bits per heavy atom. The third kappa shape index (κ3) is 4.42. The van der Waals surface area contributed by atoms with Crippen LogP contribution >= 0.6 is 11.6 Å². The van der Waals surface area contributed by atoms with E-state index < -0.39 is 5.82 Å². The van der Waals surface area contributed by atoms with Crippen LogP contribution in [0.4, 0.5) is 10.2 Å². The van der Waals surface area contributed by atoms with Gasteiger partial charge in [-0.05, 0) is 33.8 Å². The first kappa shape index (κ1) is 15.2. The van der Waals surface area contributed by atoms with Crippen molar-refractivity contribution in [3.8, 4) is 0 Å². The number of nitrogens with one attached hydrogen (secondary N) is 1. The highest BCUT2D eigenvalue weighted by atomic mass is 35.5. The van der Waals surface area contributed by atoms with E-state index in [1.54, 1.807) is 0 Å². The van der Waals surface area contributed by atoms with E-state index in [1.165, 1.54) is 12.3 Å². The molecule has 0 radical (unpaired) electrons. The monoisotopic (exact) mass is 273 g/mol. The fourth-order valence-corrected chi connectivity index (χ4v) is 2.11. The van der Waals surface area contributed by atoms with Crippen molar-refractivity contribution in [2.75, 3.05) is 18.4 Å². The highest BCUT2D eigenvalue weighted by Gasteiger charge is 2.13. The number of nitrogens with zero attached hydrogens (tertiary/aromatic N) is 2. The molecule has 0 fully saturated rings. The van der Waals surface area contributed by atoms with E-state index in [9.17, 15) is 4.39 Å². The van der Waals surface area contributed by atoms with E-state index in [0.717, 1.165) is 6.54 Å². The molecule has 0 atom stereocenters. The van der Waals surface area contributed by atoms with Gasteiger partial charge in [0, 0.05) is 31.4 Å². The van der Waals surface area contributed by atoms with Crippen LogP contribution in [0.5, 0.6) is 0 Å². The molecule has 0 bridgehead atoms. The topological polar surface area (TPSA) is 28.2 Å².